The van der Waals surface area contributed by atoms with E-state index < -0.39 is 0 Å². The highest BCUT2D eigenvalue weighted by molar-refractivity contribution is 7.15. The van der Waals surface area contributed by atoms with E-state index in [9.17, 15) is 4.79 Å². The van der Waals surface area contributed by atoms with Crippen LogP contribution in [0.4, 0.5) is 5.13 Å². The van der Waals surface area contributed by atoms with Crippen LogP contribution in [0, 0.1) is 0 Å². The average Bonchev–Trinajstić information content (AvgIpc) is 3.14. The number of amides is 1. The second-order valence-electron chi connectivity index (χ2n) is 7.14. The van der Waals surface area contributed by atoms with Gasteiger partial charge in [0.2, 0.25) is 11.0 Å². The second-order valence-corrected chi connectivity index (χ2v) is 9.09. The number of hydrogen-bond acceptors (Lipinski definition) is 6. The molecular weight excluding hydrogens is 414 g/mol. The number of rotatable bonds is 7. The van der Waals surface area contributed by atoms with Gasteiger partial charge in [0.25, 0.3) is 0 Å². The maximum Gasteiger partial charge on any atom is 0.250 e. The van der Waals surface area contributed by atoms with Crippen LogP contribution in [0.25, 0.3) is 16.6 Å². The molecule has 0 aliphatic heterocycles. The van der Waals surface area contributed by atoms with Gasteiger partial charge in [0.05, 0.1) is 11.4 Å². The molecule has 1 N–H and O–H groups in total. The molecule has 5 rings (SSSR count). The number of aromatic nitrogens is 4. The Hall–Kier alpha value is -3.10. The summed E-state index contributed by atoms with van der Waals surface area (Å²) < 4.78 is 1.91. The highest BCUT2D eigenvalue weighted by Crippen LogP contribution is 2.42. The third-order valence-electron chi connectivity index (χ3n) is 4.74. The Morgan fingerprint density at radius 3 is 2.80 bits per heavy atom. The predicted molar refractivity (Wildman–Crippen MR) is 121 cm³/mol. The van der Waals surface area contributed by atoms with Gasteiger partial charge in [-0.05, 0) is 35.9 Å². The van der Waals surface area contributed by atoms with E-state index >= 15 is 0 Å². The molecule has 0 saturated heterocycles. The van der Waals surface area contributed by atoms with Crippen LogP contribution in [0.2, 0.25) is 0 Å². The van der Waals surface area contributed by atoms with Gasteiger partial charge >= 0.3 is 0 Å². The number of benzene rings is 1. The summed E-state index contributed by atoms with van der Waals surface area (Å²) in [4.78, 5) is 13.5. The summed E-state index contributed by atoms with van der Waals surface area (Å²) >= 11 is 3.09. The van der Waals surface area contributed by atoms with Crippen LogP contribution < -0.4 is 5.32 Å². The number of carbonyl (C=O) groups is 1. The molecule has 1 saturated carbocycles. The molecule has 8 heteroatoms. The predicted octanol–water partition coefficient (Wildman–Crippen LogP) is 5.04. The van der Waals surface area contributed by atoms with Gasteiger partial charge in [-0.2, -0.15) is 5.10 Å². The lowest BCUT2D eigenvalue weighted by Crippen LogP contribution is -2.07. The molecule has 0 atom stereocenters. The van der Waals surface area contributed by atoms with Crippen LogP contribution in [0.5, 0.6) is 0 Å². The topological polar surface area (TPSA) is 72.7 Å². The SMILES string of the molecule is O=C(C=Cc1cn(Cc2ccccc2)nc1-c1cccs1)Nc1nnc(C2CC2)s1. The minimum atomic E-state index is -0.221. The van der Waals surface area contributed by atoms with E-state index in [4.69, 9.17) is 5.10 Å². The Labute approximate surface area is 181 Å². The Bertz CT molecular complexity index is 1170. The summed E-state index contributed by atoms with van der Waals surface area (Å²) in [7, 11) is 0. The molecule has 1 fully saturated rings. The number of nitrogens with zero attached hydrogens (tertiary/aromatic N) is 4. The smallest absolute Gasteiger partial charge is 0.250 e. The van der Waals surface area contributed by atoms with Crippen molar-refractivity contribution in [3.05, 3.63) is 76.3 Å². The Morgan fingerprint density at radius 2 is 2.03 bits per heavy atom. The summed E-state index contributed by atoms with van der Waals surface area (Å²) in [5.41, 5.74) is 2.95. The molecule has 0 spiro atoms. The first-order chi connectivity index (χ1) is 14.7. The molecule has 6 nitrogen and oxygen atoms in total. The molecule has 1 amide bonds. The summed E-state index contributed by atoms with van der Waals surface area (Å²) in [6, 6.07) is 14.2. The van der Waals surface area contributed by atoms with Gasteiger partial charge in [0.1, 0.15) is 10.7 Å². The third kappa shape index (κ3) is 4.39. The first-order valence-corrected chi connectivity index (χ1v) is 11.4. The Morgan fingerprint density at radius 1 is 1.17 bits per heavy atom. The molecule has 150 valence electrons. The fourth-order valence-corrected chi connectivity index (χ4v) is 4.75. The van der Waals surface area contributed by atoms with Crippen molar-refractivity contribution in [2.75, 3.05) is 5.32 Å². The quantitative estimate of drug-likeness (QED) is 0.414. The zero-order valence-corrected chi connectivity index (χ0v) is 17.7. The van der Waals surface area contributed by atoms with Crippen LogP contribution in [0.15, 0.2) is 60.1 Å². The summed E-state index contributed by atoms with van der Waals surface area (Å²) in [5.74, 6) is 0.314. The van der Waals surface area contributed by atoms with Gasteiger partial charge in [0.15, 0.2) is 0 Å². The lowest BCUT2D eigenvalue weighted by molar-refractivity contribution is -0.111. The van der Waals surface area contributed by atoms with E-state index in [1.165, 1.54) is 35.8 Å². The van der Waals surface area contributed by atoms with Crippen LogP contribution in [0.1, 0.15) is 34.9 Å². The van der Waals surface area contributed by atoms with Crippen LogP contribution in [-0.2, 0) is 11.3 Å². The zero-order valence-electron chi connectivity index (χ0n) is 16.1. The molecule has 1 aliphatic carbocycles. The highest BCUT2D eigenvalue weighted by Gasteiger charge is 2.27. The summed E-state index contributed by atoms with van der Waals surface area (Å²) in [6.45, 7) is 0.675. The molecular formula is C22H19N5OS2. The maximum atomic E-state index is 12.4. The van der Waals surface area contributed by atoms with Gasteiger partial charge in [-0.1, -0.05) is 47.7 Å². The van der Waals surface area contributed by atoms with Gasteiger partial charge in [-0.3, -0.25) is 14.8 Å². The lowest BCUT2D eigenvalue weighted by Gasteiger charge is -2.00. The van der Waals surface area contributed by atoms with Crippen molar-refractivity contribution < 1.29 is 4.79 Å². The second kappa shape index (κ2) is 8.33. The third-order valence-corrected chi connectivity index (χ3v) is 6.62. The van der Waals surface area contributed by atoms with Crippen molar-refractivity contribution in [2.24, 2.45) is 0 Å². The molecule has 1 aliphatic rings. The van der Waals surface area contributed by atoms with Crippen LogP contribution >= 0.6 is 22.7 Å². The first kappa shape index (κ1) is 18.9. The molecule has 0 unspecified atom stereocenters. The fourth-order valence-electron chi connectivity index (χ4n) is 3.11. The number of thiophene rings is 1. The molecule has 1 aromatic carbocycles. The van der Waals surface area contributed by atoms with Gasteiger partial charge < -0.3 is 0 Å². The van der Waals surface area contributed by atoms with Crippen molar-refractivity contribution in [3.63, 3.8) is 0 Å². The summed E-state index contributed by atoms with van der Waals surface area (Å²) in [6.07, 6.45) is 7.64. The first-order valence-electron chi connectivity index (χ1n) is 9.72. The van der Waals surface area contributed by atoms with Gasteiger partial charge in [-0.25, -0.2) is 0 Å². The largest absolute Gasteiger partial charge is 0.297 e. The van der Waals surface area contributed by atoms with E-state index in [1.54, 1.807) is 11.3 Å². The van der Waals surface area contributed by atoms with E-state index in [0.717, 1.165) is 21.1 Å². The lowest BCUT2D eigenvalue weighted by atomic mass is 10.2. The zero-order chi connectivity index (χ0) is 20.3. The average molecular weight is 434 g/mol. The number of carbonyl (C=O) groups excluding carboxylic acids is 1. The Balaban J connectivity index is 1.34. The normalized spacial score (nSPS) is 13.7. The number of nitrogens with one attached hydrogen (secondary N) is 1. The monoisotopic (exact) mass is 433 g/mol. The fraction of sp³-hybridized carbons (Fsp3) is 0.182. The van der Waals surface area contributed by atoms with Gasteiger partial charge in [-0.15, -0.1) is 21.5 Å². The van der Waals surface area contributed by atoms with Crippen molar-refractivity contribution in [2.45, 2.75) is 25.3 Å². The van der Waals surface area contributed by atoms with Crippen LogP contribution in [-0.4, -0.2) is 25.9 Å². The minimum absolute atomic E-state index is 0.221. The molecule has 3 heterocycles. The van der Waals surface area contributed by atoms with Crippen molar-refractivity contribution >= 4 is 39.8 Å². The summed E-state index contributed by atoms with van der Waals surface area (Å²) in [5, 5.41) is 19.4. The molecule has 3 aromatic heterocycles. The van der Waals surface area contributed by atoms with Crippen molar-refractivity contribution in [1.82, 2.24) is 20.0 Å². The van der Waals surface area contributed by atoms with Crippen LogP contribution in [0.3, 0.4) is 0 Å². The minimum Gasteiger partial charge on any atom is -0.297 e. The number of anilines is 1. The van der Waals surface area contributed by atoms with E-state index in [0.29, 0.717) is 17.6 Å². The van der Waals surface area contributed by atoms with E-state index in [1.807, 2.05) is 52.7 Å². The molecule has 0 bridgehead atoms. The van der Waals surface area contributed by atoms with Crippen molar-refractivity contribution in [3.8, 4) is 10.6 Å². The van der Waals surface area contributed by atoms with Gasteiger partial charge in [0, 0.05) is 23.8 Å². The van der Waals surface area contributed by atoms with Crippen molar-refractivity contribution in [1.29, 1.82) is 0 Å². The highest BCUT2D eigenvalue weighted by atomic mass is 32.1. The molecule has 0 radical (unpaired) electrons. The molecule has 30 heavy (non-hydrogen) atoms. The van der Waals surface area contributed by atoms with E-state index in [-0.39, 0.29) is 5.91 Å². The standard InChI is InChI=1S/C22H19N5OS2/c28-19(23-22-25-24-21(30-22)16-8-9-16)11-10-17-14-27(13-15-5-2-1-3-6-15)26-20(17)18-7-4-12-29-18/h1-7,10-12,14,16H,8-9,13H2,(H,23,25,28). The maximum absolute atomic E-state index is 12.4. The molecule has 4 aromatic rings. The number of hydrogen-bond donors (Lipinski definition) is 1. The van der Waals surface area contributed by atoms with E-state index in [2.05, 4.69) is 27.6 Å². The Kier molecular flexibility index (Phi) is 5.25.